The van der Waals surface area contributed by atoms with Crippen LogP contribution in [0, 0.1) is 0 Å². The fourth-order valence-electron chi connectivity index (χ4n) is 2.79. The SMILES string of the molecule is C=CCOCCOCCOCCOCCOCCOCCOCCOCCOC1CCCCO1. The summed E-state index contributed by atoms with van der Waals surface area (Å²) in [4.78, 5) is 0. The van der Waals surface area contributed by atoms with Gasteiger partial charge in [0.05, 0.1) is 112 Å². The summed E-state index contributed by atoms with van der Waals surface area (Å²) in [5, 5.41) is 0. The molecule has 0 aromatic carbocycles. The third-order valence-corrected chi connectivity index (χ3v) is 4.51. The van der Waals surface area contributed by atoms with Crippen molar-refractivity contribution in [3.8, 4) is 0 Å². The Morgan fingerprint density at radius 3 is 1.26 bits per heavy atom. The van der Waals surface area contributed by atoms with Gasteiger partial charge in [-0.2, -0.15) is 0 Å². The van der Waals surface area contributed by atoms with E-state index in [1.807, 2.05) is 0 Å². The molecule has 0 N–H and O–H groups in total. The van der Waals surface area contributed by atoms with E-state index in [4.69, 9.17) is 47.4 Å². The second-order valence-electron chi connectivity index (χ2n) is 7.32. The Kier molecular flexibility index (Phi) is 24.9. The van der Waals surface area contributed by atoms with Crippen LogP contribution in [-0.4, -0.2) is 125 Å². The van der Waals surface area contributed by atoms with Crippen LogP contribution in [0.3, 0.4) is 0 Å². The summed E-state index contributed by atoms with van der Waals surface area (Å²) >= 11 is 0. The topological polar surface area (TPSA) is 92.3 Å². The van der Waals surface area contributed by atoms with Crippen LogP contribution in [0.15, 0.2) is 12.7 Å². The lowest BCUT2D eigenvalue weighted by Gasteiger charge is -2.22. The fraction of sp³-hybridized carbons (Fsp3) is 0.917. The van der Waals surface area contributed by atoms with E-state index in [0.29, 0.717) is 112 Å². The summed E-state index contributed by atoms with van der Waals surface area (Å²) in [6, 6.07) is 0. The predicted octanol–water partition coefficient (Wildman–Crippen LogP) is 1.85. The van der Waals surface area contributed by atoms with Crippen LogP contribution >= 0.6 is 0 Å². The number of hydrogen-bond acceptors (Lipinski definition) is 10. The first kappa shape index (κ1) is 31.4. The maximum absolute atomic E-state index is 5.59. The van der Waals surface area contributed by atoms with Gasteiger partial charge >= 0.3 is 0 Å². The molecule has 0 spiro atoms. The minimum absolute atomic E-state index is 0.0584. The fourth-order valence-corrected chi connectivity index (χ4v) is 2.79. The van der Waals surface area contributed by atoms with Gasteiger partial charge in [-0.25, -0.2) is 0 Å². The Hall–Kier alpha value is -0.660. The van der Waals surface area contributed by atoms with E-state index in [1.165, 1.54) is 6.42 Å². The van der Waals surface area contributed by atoms with Gasteiger partial charge in [0, 0.05) is 6.61 Å². The average Bonchev–Trinajstić information content (AvgIpc) is 2.87. The van der Waals surface area contributed by atoms with Crippen LogP contribution in [0.25, 0.3) is 0 Å². The Morgan fingerprint density at radius 1 is 0.529 bits per heavy atom. The molecule has 1 rings (SSSR count). The zero-order chi connectivity index (χ0) is 24.2. The number of ether oxygens (including phenoxy) is 10. The summed E-state index contributed by atoms with van der Waals surface area (Å²) in [5.74, 6) is 0. The molecular weight excluding hydrogens is 448 g/mol. The molecule has 1 atom stereocenters. The van der Waals surface area contributed by atoms with Crippen molar-refractivity contribution in [1.29, 1.82) is 0 Å². The van der Waals surface area contributed by atoms with Crippen molar-refractivity contribution in [3.05, 3.63) is 12.7 Å². The van der Waals surface area contributed by atoms with Crippen LogP contribution in [0.4, 0.5) is 0 Å². The molecule has 1 heterocycles. The van der Waals surface area contributed by atoms with Crippen LogP contribution in [0.2, 0.25) is 0 Å². The van der Waals surface area contributed by atoms with Crippen molar-refractivity contribution >= 4 is 0 Å². The van der Waals surface area contributed by atoms with E-state index in [-0.39, 0.29) is 6.29 Å². The Balaban J connectivity index is 1.62. The third-order valence-electron chi connectivity index (χ3n) is 4.51. The lowest BCUT2D eigenvalue weighted by molar-refractivity contribution is -0.169. The molecular formula is C24H46O10. The molecule has 0 aromatic rings. The maximum Gasteiger partial charge on any atom is 0.157 e. The quantitative estimate of drug-likeness (QED) is 0.124. The highest BCUT2D eigenvalue weighted by atomic mass is 16.7. The van der Waals surface area contributed by atoms with Crippen LogP contribution in [0.1, 0.15) is 19.3 Å². The molecule has 1 aliphatic heterocycles. The highest BCUT2D eigenvalue weighted by molar-refractivity contribution is 4.63. The van der Waals surface area contributed by atoms with Crippen LogP contribution < -0.4 is 0 Å². The maximum atomic E-state index is 5.59. The first-order valence-electron chi connectivity index (χ1n) is 12.4. The van der Waals surface area contributed by atoms with Gasteiger partial charge < -0.3 is 47.4 Å². The van der Waals surface area contributed by atoms with Crippen molar-refractivity contribution in [2.75, 3.05) is 119 Å². The van der Waals surface area contributed by atoms with Gasteiger partial charge in [-0.3, -0.25) is 0 Å². The molecule has 0 aromatic heterocycles. The normalized spacial score (nSPS) is 16.2. The molecule has 10 nitrogen and oxygen atoms in total. The van der Waals surface area contributed by atoms with Gasteiger partial charge in [0.15, 0.2) is 6.29 Å². The van der Waals surface area contributed by atoms with Crippen molar-refractivity contribution in [2.24, 2.45) is 0 Å². The molecule has 0 radical (unpaired) electrons. The van der Waals surface area contributed by atoms with Crippen molar-refractivity contribution in [2.45, 2.75) is 25.6 Å². The molecule has 0 amide bonds. The Bertz CT molecular complexity index is 407. The molecule has 1 saturated heterocycles. The minimum Gasteiger partial charge on any atom is -0.377 e. The molecule has 0 aliphatic carbocycles. The zero-order valence-electron chi connectivity index (χ0n) is 20.8. The summed E-state index contributed by atoms with van der Waals surface area (Å²) in [6.45, 7) is 13.6. The summed E-state index contributed by atoms with van der Waals surface area (Å²) in [5.41, 5.74) is 0. The van der Waals surface area contributed by atoms with Gasteiger partial charge in [0.25, 0.3) is 0 Å². The van der Waals surface area contributed by atoms with E-state index in [0.717, 1.165) is 19.4 Å². The first-order chi connectivity index (χ1) is 16.9. The molecule has 1 unspecified atom stereocenters. The van der Waals surface area contributed by atoms with E-state index in [9.17, 15) is 0 Å². The largest absolute Gasteiger partial charge is 0.377 e. The van der Waals surface area contributed by atoms with Gasteiger partial charge in [-0.15, -0.1) is 6.58 Å². The van der Waals surface area contributed by atoms with E-state index >= 15 is 0 Å². The first-order valence-corrected chi connectivity index (χ1v) is 12.4. The van der Waals surface area contributed by atoms with E-state index in [2.05, 4.69) is 6.58 Å². The summed E-state index contributed by atoms with van der Waals surface area (Å²) in [6.07, 6.45) is 4.93. The molecule has 10 heteroatoms. The molecule has 0 bridgehead atoms. The van der Waals surface area contributed by atoms with Gasteiger partial charge in [-0.05, 0) is 19.3 Å². The smallest absolute Gasteiger partial charge is 0.157 e. The van der Waals surface area contributed by atoms with Crippen molar-refractivity contribution < 1.29 is 47.4 Å². The van der Waals surface area contributed by atoms with Gasteiger partial charge in [-0.1, -0.05) is 6.08 Å². The Morgan fingerprint density at radius 2 is 0.912 bits per heavy atom. The molecule has 202 valence electrons. The zero-order valence-corrected chi connectivity index (χ0v) is 20.8. The summed E-state index contributed by atoms with van der Waals surface area (Å²) < 4.78 is 54.3. The molecule has 0 saturated carbocycles. The third kappa shape index (κ3) is 23.1. The summed E-state index contributed by atoms with van der Waals surface area (Å²) in [7, 11) is 0. The number of rotatable bonds is 27. The second-order valence-corrected chi connectivity index (χ2v) is 7.32. The molecule has 1 fully saturated rings. The average molecular weight is 495 g/mol. The number of hydrogen-bond donors (Lipinski definition) is 0. The van der Waals surface area contributed by atoms with Crippen molar-refractivity contribution in [1.82, 2.24) is 0 Å². The minimum atomic E-state index is -0.0584. The lowest BCUT2D eigenvalue weighted by atomic mass is 10.2. The predicted molar refractivity (Wildman–Crippen MR) is 126 cm³/mol. The molecule has 34 heavy (non-hydrogen) atoms. The molecule has 1 aliphatic rings. The van der Waals surface area contributed by atoms with E-state index in [1.54, 1.807) is 6.08 Å². The second kappa shape index (κ2) is 26.9. The van der Waals surface area contributed by atoms with Crippen LogP contribution in [0.5, 0.6) is 0 Å². The lowest BCUT2D eigenvalue weighted by Crippen LogP contribution is -2.24. The van der Waals surface area contributed by atoms with Crippen LogP contribution in [-0.2, 0) is 47.4 Å². The highest BCUT2D eigenvalue weighted by Crippen LogP contribution is 2.13. The van der Waals surface area contributed by atoms with Gasteiger partial charge in [0.1, 0.15) is 0 Å². The standard InChI is InChI=1S/C24H46O10/c1-2-6-25-8-9-26-10-11-27-12-13-28-14-15-29-16-17-30-18-19-31-20-21-32-22-23-34-24-5-3-4-7-33-24/h2,24H,1,3-23H2. The van der Waals surface area contributed by atoms with Crippen molar-refractivity contribution in [3.63, 3.8) is 0 Å². The van der Waals surface area contributed by atoms with Gasteiger partial charge in [0.2, 0.25) is 0 Å². The monoisotopic (exact) mass is 494 g/mol. The Labute approximate surface area is 205 Å². The van der Waals surface area contributed by atoms with E-state index < -0.39 is 0 Å². The highest BCUT2D eigenvalue weighted by Gasteiger charge is 2.13.